The van der Waals surface area contributed by atoms with Crippen LogP contribution in [0.25, 0.3) is 0 Å². The van der Waals surface area contributed by atoms with Crippen LogP contribution in [0.4, 0.5) is 4.39 Å². The SMILES string of the molecule is COc1cc([S@@](C)(=N)=O)c(OC)cc1CCNCc1cc(C)cc(F)c1. The number of hydrogen-bond donors (Lipinski definition) is 2. The summed E-state index contributed by atoms with van der Waals surface area (Å²) in [6.45, 7) is 3.08. The first-order valence-electron chi connectivity index (χ1n) is 8.20. The maximum absolute atomic E-state index is 13.4. The van der Waals surface area contributed by atoms with Crippen molar-refractivity contribution in [2.24, 2.45) is 0 Å². The number of hydrogen-bond acceptors (Lipinski definition) is 5. The van der Waals surface area contributed by atoms with Crippen molar-refractivity contribution in [2.75, 3.05) is 27.0 Å². The molecule has 7 heteroatoms. The number of benzene rings is 2. The average Bonchev–Trinajstić information content (AvgIpc) is 2.56. The number of ether oxygens (including phenoxy) is 2. The van der Waals surface area contributed by atoms with E-state index in [2.05, 4.69) is 5.32 Å². The summed E-state index contributed by atoms with van der Waals surface area (Å²) < 4.78 is 44.0. The van der Waals surface area contributed by atoms with E-state index in [0.717, 1.165) is 16.7 Å². The molecule has 0 saturated carbocycles. The summed E-state index contributed by atoms with van der Waals surface area (Å²) >= 11 is 0. The van der Waals surface area contributed by atoms with Gasteiger partial charge < -0.3 is 14.8 Å². The second-order valence-corrected chi connectivity index (χ2v) is 8.35. The molecule has 2 N–H and O–H groups in total. The van der Waals surface area contributed by atoms with Gasteiger partial charge in [0, 0.05) is 18.9 Å². The summed E-state index contributed by atoms with van der Waals surface area (Å²) in [7, 11) is 0.112. The van der Waals surface area contributed by atoms with Crippen LogP contribution in [0.1, 0.15) is 16.7 Å². The van der Waals surface area contributed by atoms with Crippen molar-refractivity contribution >= 4 is 9.73 Å². The summed E-state index contributed by atoms with van der Waals surface area (Å²) in [6.07, 6.45) is 2.00. The molecular weight excluding hydrogens is 355 g/mol. The Balaban J connectivity index is 2.09. The van der Waals surface area contributed by atoms with Crippen LogP contribution in [0.2, 0.25) is 0 Å². The lowest BCUT2D eigenvalue weighted by atomic mass is 10.1. The van der Waals surface area contributed by atoms with Gasteiger partial charge in [-0.25, -0.2) is 13.4 Å². The maximum atomic E-state index is 13.4. The minimum atomic E-state index is -2.92. The lowest BCUT2D eigenvalue weighted by molar-refractivity contribution is 0.389. The van der Waals surface area contributed by atoms with Crippen molar-refractivity contribution < 1.29 is 18.1 Å². The first-order valence-corrected chi connectivity index (χ1v) is 10.2. The van der Waals surface area contributed by atoms with Crippen molar-refractivity contribution in [3.8, 4) is 11.5 Å². The predicted molar refractivity (Wildman–Crippen MR) is 101 cm³/mol. The minimum Gasteiger partial charge on any atom is -0.496 e. The molecule has 0 fully saturated rings. The van der Waals surface area contributed by atoms with Gasteiger partial charge in [0.05, 0.1) is 28.8 Å². The van der Waals surface area contributed by atoms with Gasteiger partial charge >= 0.3 is 0 Å². The van der Waals surface area contributed by atoms with Gasteiger partial charge in [-0.3, -0.25) is 0 Å². The van der Waals surface area contributed by atoms with Gasteiger partial charge in [-0.2, -0.15) is 0 Å². The number of nitrogens with one attached hydrogen (secondary N) is 2. The molecule has 5 nitrogen and oxygen atoms in total. The summed E-state index contributed by atoms with van der Waals surface area (Å²) in [5.41, 5.74) is 2.67. The van der Waals surface area contributed by atoms with Crippen molar-refractivity contribution in [1.29, 1.82) is 4.78 Å². The minimum absolute atomic E-state index is 0.234. The fraction of sp³-hybridized carbons (Fsp3) is 0.368. The summed E-state index contributed by atoms with van der Waals surface area (Å²) in [5.74, 6) is 0.762. The van der Waals surface area contributed by atoms with E-state index in [-0.39, 0.29) is 5.82 Å². The molecule has 2 aromatic rings. The van der Waals surface area contributed by atoms with Gasteiger partial charge in [0.25, 0.3) is 0 Å². The quantitative estimate of drug-likeness (QED) is 0.688. The molecule has 2 aromatic carbocycles. The van der Waals surface area contributed by atoms with Crippen LogP contribution in [0.5, 0.6) is 11.5 Å². The zero-order chi connectivity index (χ0) is 19.3. The summed E-state index contributed by atoms with van der Waals surface area (Å²) in [4.78, 5) is 0.323. The number of rotatable bonds is 8. The number of halogens is 1. The molecule has 0 aliphatic heterocycles. The van der Waals surface area contributed by atoms with Crippen LogP contribution in [0.3, 0.4) is 0 Å². The molecule has 0 aliphatic rings. The van der Waals surface area contributed by atoms with E-state index < -0.39 is 9.73 Å². The fourth-order valence-corrected chi connectivity index (χ4v) is 3.66. The average molecular weight is 380 g/mol. The number of methoxy groups -OCH3 is 2. The van der Waals surface area contributed by atoms with E-state index in [1.807, 2.05) is 13.0 Å². The van der Waals surface area contributed by atoms with E-state index in [9.17, 15) is 8.60 Å². The van der Waals surface area contributed by atoms with Crippen LogP contribution in [0, 0.1) is 17.5 Å². The van der Waals surface area contributed by atoms with E-state index >= 15 is 0 Å². The third-order valence-electron chi connectivity index (χ3n) is 3.99. The number of aryl methyl sites for hydroxylation is 1. The lowest BCUT2D eigenvalue weighted by Crippen LogP contribution is -2.17. The highest BCUT2D eigenvalue weighted by atomic mass is 32.2. The molecule has 142 valence electrons. The topological polar surface area (TPSA) is 71.4 Å². The Morgan fingerprint density at radius 1 is 1.12 bits per heavy atom. The molecule has 1 atom stereocenters. The van der Waals surface area contributed by atoms with Crippen LogP contribution in [0.15, 0.2) is 35.2 Å². The first-order chi connectivity index (χ1) is 12.2. The van der Waals surface area contributed by atoms with Gasteiger partial charge in [0.2, 0.25) is 0 Å². The highest BCUT2D eigenvalue weighted by Crippen LogP contribution is 2.32. The van der Waals surface area contributed by atoms with Gasteiger partial charge in [0.15, 0.2) is 0 Å². The molecule has 0 radical (unpaired) electrons. The molecule has 0 aromatic heterocycles. The van der Waals surface area contributed by atoms with Crippen LogP contribution >= 0.6 is 0 Å². The van der Waals surface area contributed by atoms with E-state index in [4.69, 9.17) is 14.3 Å². The lowest BCUT2D eigenvalue weighted by Gasteiger charge is -2.15. The fourth-order valence-electron chi connectivity index (χ4n) is 2.80. The Labute approximate surface area is 154 Å². The van der Waals surface area contributed by atoms with Gasteiger partial charge in [-0.1, -0.05) is 6.07 Å². The molecule has 0 unspecified atom stereocenters. The molecule has 0 bridgehead atoms. The van der Waals surface area contributed by atoms with E-state index in [1.54, 1.807) is 19.2 Å². The van der Waals surface area contributed by atoms with Crippen LogP contribution in [-0.4, -0.2) is 31.2 Å². The second-order valence-electron chi connectivity index (χ2n) is 6.22. The maximum Gasteiger partial charge on any atom is 0.136 e. The smallest absolute Gasteiger partial charge is 0.136 e. The highest BCUT2D eigenvalue weighted by molar-refractivity contribution is 7.91. The van der Waals surface area contributed by atoms with Gasteiger partial charge in [0.1, 0.15) is 17.3 Å². The van der Waals surface area contributed by atoms with Crippen molar-refractivity contribution in [3.63, 3.8) is 0 Å². The highest BCUT2D eigenvalue weighted by Gasteiger charge is 2.16. The Morgan fingerprint density at radius 3 is 2.38 bits per heavy atom. The standard InChI is InChI=1S/C19H25FN2O3S/c1-13-7-14(9-16(20)8-13)12-22-6-5-15-10-18(25-3)19(26(4,21)23)11-17(15)24-2/h7-11,21-22H,5-6,12H2,1-4H3/t26-/m0/s1. The first kappa shape index (κ1) is 20.2. The van der Waals surface area contributed by atoms with Gasteiger partial charge in [-0.05, 0) is 54.8 Å². The zero-order valence-corrected chi connectivity index (χ0v) is 16.3. The monoisotopic (exact) mass is 380 g/mol. The Kier molecular flexibility index (Phi) is 6.61. The Bertz CT molecular complexity index is 862. The van der Waals surface area contributed by atoms with Gasteiger partial charge in [-0.15, -0.1) is 0 Å². The Morgan fingerprint density at radius 2 is 1.81 bits per heavy atom. The third-order valence-corrected chi connectivity index (χ3v) is 5.15. The molecule has 0 saturated heterocycles. The molecule has 0 heterocycles. The summed E-state index contributed by atoms with van der Waals surface area (Å²) in [5, 5.41) is 3.28. The zero-order valence-electron chi connectivity index (χ0n) is 15.5. The van der Waals surface area contributed by atoms with Crippen molar-refractivity contribution in [2.45, 2.75) is 24.8 Å². The molecule has 0 spiro atoms. The second kappa shape index (κ2) is 8.51. The van der Waals surface area contributed by atoms with Crippen LogP contribution < -0.4 is 14.8 Å². The normalized spacial score (nSPS) is 13.3. The Hall–Kier alpha value is -2.12. The van der Waals surface area contributed by atoms with Crippen molar-refractivity contribution in [3.05, 3.63) is 52.8 Å². The van der Waals surface area contributed by atoms with Crippen molar-refractivity contribution in [1.82, 2.24) is 5.32 Å². The van der Waals surface area contributed by atoms with E-state index in [0.29, 0.717) is 35.9 Å². The molecular formula is C19H25FN2O3S. The third kappa shape index (κ3) is 5.19. The molecule has 0 amide bonds. The summed E-state index contributed by atoms with van der Waals surface area (Å²) in [6, 6.07) is 8.34. The molecule has 2 rings (SSSR count). The molecule has 0 aliphatic carbocycles. The van der Waals surface area contributed by atoms with Crippen LogP contribution in [-0.2, 0) is 22.7 Å². The molecule has 26 heavy (non-hydrogen) atoms. The largest absolute Gasteiger partial charge is 0.496 e. The van der Waals surface area contributed by atoms with E-state index in [1.165, 1.54) is 25.5 Å². The predicted octanol–water partition coefficient (Wildman–Crippen LogP) is 3.52.